The van der Waals surface area contributed by atoms with E-state index in [2.05, 4.69) is 5.32 Å². The van der Waals surface area contributed by atoms with Crippen molar-refractivity contribution in [3.63, 3.8) is 0 Å². The van der Waals surface area contributed by atoms with Crippen molar-refractivity contribution in [2.75, 3.05) is 7.11 Å². The second-order valence-corrected chi connectivity index (χ2v) is 5.02. The third-order valence-corrected chi connectivity index (χ3v) is 3.45. The summed E-state index contributed by atoms with van der Waals surface area (Å²) < 4.78 is 19.0. The van der Waals surface area contributed by atoms with E-state index in [1.165, 1.54) is 6.07 Å². The van der Waals surface area contributed by atoms with E-state index in [1.54, 1.807) is 19.2 Å². The van der Waals surface area contributed by atoms with Gasteiger partial charge in [-0.1, -0.05) is 35.9 Å². The Morgan fingerprint density at radius 2 is 2.00 bits per heavy atom. The molecule has 106 valence electrons. The number of ether oxygens (including phenoxy) is 1. The molecule has 2 nitrogen and oxygen atoms in total. The molecule has 1 atom stereocenters. The van der Waals surface area contributed by atoms with Gasteiger partial charge in [-0.05, 0) is 25.1 Å². The first-order valence-corrected chi connectivity index (χ1v) is 6.80. The molecule has 0 heterocycles. The summed E-state index contributed by atoms with van der Waals surface area (Å²) in [5.41, 5.74) is 1.64. The lowest BCUT2D eigenvalue weighted by molar-refractivity contribution is 0.401. The lowest BCUT2D eigenvalue weighted by atomic mass is 10.1. The van der Waals surface area contributed by atoms with Crippen molar-refractivity contribution in [2.45, 2.75) is 19.5 Å². The Morgan fingerprint density at radius 3 is 2.70 bits per heavy atom. The standard InChI is InChI=1S/C16H17ClFNO/c1-11(14-5-3-4-6-16(14)20-2)19-10-12-7-8-13(17)9-15(12)18/h3-9,11,19H,10H2,1-2H3/t11-/m0/s1. The van der Waals surface area contributed by atoms with Crippen molar-refractivity contribution in [1.82, 2.24) is 5.32 Å². The number of halogens is 2. The summed E-state index contributed by atoms with van der Waals surface area (Å²) in [6, 6.07) is 12.6. The SMILES string of the molecule is COc1ccccc1[C@H](C)NCc1ccc(Cl)cc1F. The van der Waals surface area contributed by atoms with Crippen LogP contribution in [0.1, 0.15) is 24.1 Å². The van der Waals surface area contributed by atoms with E-state index in [-0.39, 0.29) is 11.9 Å². The maximum absolute atomic E-state index is 13.7. The van der Waals surface area contributed by atoms with E-state index in [1.807, 2.05) is 31.2 Å². The Labute approximate surface area is 123 Å². The Hall–Kier alpha value is -1.58. The fourth-order valence-electron chi connectivity index (χ4n) is 2.06. The fourth-order valence-corrected chi connectivity index (χ4v) is 2.22. The lowest BCUT2D eigenvalue weighted by Crippen LogP contribution is -2.19. The second kappa shape index (κ2) is 6.73. The zero-order valence-electron chi connectivity index (χ0n) is 11.5. The van der Waals surface area contributed by atoms with Crippen molar-refractivity contribution < 1.29 is 9.13 Å². The molecule has 0 aliphatic rings. The maximum atomic E-state index is 13.7. The van der Waals surface area contributed by atoms with Crippen molar-refractivity contribution in [1.29, 1.82) is 0 Å². The van der Waals surface area contributed by atoms with Crippen LogP contribution >= 0.6 is 11.6 Å². The van der Waals surface area contributed by atoms with Crippen molar-refractivity contribution in [3.8, 4) is 5.75 Å². The number of benzene rings is 2. The third kappa shape index (κ3) is 3.50. The minimum atomic E-state index is -0.294. The Morgan fingerprint density at radius 1 is 1.25 bits per heavy atom. The summed E-state index contributed by atoms with van der Waals surface area (Å²) >= 11 is 5.74. The van der Waals surface area contributed by atoms with Gasteiger partial charge in [-0.25, -0.2) is 4.39 Å². The van der Waals surface area contributed by atoms with E-state index in [0.29, 0.717) is 17.1 Å². The van der Waals surface area contributed by atoms with Crippen molar-refractivity contribution >= 4 is 11.6 Å². The highest BCUT2D eigenvalue weighted by Gasteiger charge is 2.11. The number of rotatable bonds is 5. The Balaban J connectivity index is 2.06. The van der Waals surface area contributed by atoms with Gasteiger partial charge in [-0.2, -0.15) is 0 Å². The van der Waals surface area contributed by atoms with Gasteiger partial charge in [0.1, 0.15) is 11.6 Å². The lowest BCUT2D eigenvalue weighted by Gasteiger charge is -2.17. The second-order valence-electron chi connectivity index (χ2n) is 4.58. The largest absolute Gasteiger partial charge is 0.496 e. The number of para-hydroxylation sites is 1. The third-order valence-electron chi connectivity index (χ3n) is 3.22. The number of hydrogen-bond donors (Lipinski definition) is 1. The van der Waals surface area contributed by atoms with Gasteiger partial charge in [-0.3, -0.25) is 0 Å². The molecule has 0 unspecified atom stereocenters. The van der Waals surface area contributed by atoms with Crippen LogP contribution in [0, 0.1) is 5.82 Å². The van der Waals surface area contributed by atoms with Crippen LogP contribution in [0.15, 0.2) is 42.5 Å². The molecule has 0 saturated heterocycles. The minimum Gasteiger partial charge on any atom is -0.496 e. The van der Waals surface area contributed by atoms with E-state index >= 15 is 0 Å². The molecule has 0 aliphatic carbocycles. The van der Waals surface area contributed by atoms with Crippen LogP contribution in [0.25, 0.3) is 0 Å². The van der Waals surface area contributed by atoms with Crippen LogP contribution in [0.3, 0.4) is 0 Å². The highest BCUT2D eigenvalue weighted by molar-refractivity contribution is 6.30. The molecule has 20 heavy (non-hydrogen) atoms. The monoisotopic (exact) mass is 293 g/mol. The molecular formula is C16H17ClFNO. The summed E-state index contributed by atoms with van der Waals surface area (Å²) in [7, 11) is 1.64. The molecule has 0 aliphatic heterocycles. The van der Waals surface area contributed by atoms with Gasteiger partial charge >= 0.3 is 0 Å². The highest BCUT2D eigenvalue weighted by Crippen LogP contribution is 2.25. The molecule has 2 aromatic carbocycles. The van der Waals surface area contributed by atoms with Gasteiger partial charge < -0.3 is 10.1 Å². The van der Waals surface area contributed by atoms with Crippen LogP contribution in [0.4, 0.5) is 4.39 Å². The first kappa shape index (κ1) is 14.8. The normalized spacial score (nSPS) is 12.2. The first-order valence-electron chi connectivity index (χ1n) is 6.42. The summed E-state index contributed by atoms with van der Waals surface area (Å²) in [4.78, 5) is 0. The predicted octanol–water partition coefficient (Wildman–Crippen LogP) is 4.34. The van der Waals surface area contributed by atoms with Gasteiger partial charge in [0.25, 0.3) is 0 Å². The molecule has 0 aromatic heterocycles. The average molecular weight is 294 g/mol. The van der Waals surface area contributed by atoms with Crippen LogP contribution < -0.4 is 10.1 Å². The van der Waals surface area contributed by atoms with Crippen LogP contribution in [0.2, 0.25) is 5.02 Å². The van der Waals surface area contributed by atoms with E-state index in [4.69, 9.17) is 16.3 Å². The molecule has 2 rings (SSSR count). The Kier molecular flexibility index (Phi) is 4.99. The first-order chi connectivity index (χ1) is 9.61. The van der Waals surface area contributed by atoms with Gasteiger partial charge in [0.2, 0.25) is 0 Å². The molecule has 0 saturated carbocycles. The molecule has 0 spiro atoms. The molecule has 2 aromatic rings. The van der Waals surface area contributed by atoms with Crippen LogP contribution in [0.5, 0.6) is 5.75 Å². The summed E-state index contributed by atoms with van der Waals surface area (Å²) in [5, 5.41) is 3.69. The number of nitrogens with one attached hydrogen (secondary N) is 1. The van der Waals surface area contributed by atoms with Gasteiger partial charge in [0.15, 0.2) is 0 Å². The van der Waals surface area contributed by atoms with Gasteiger partial charge in [0.05, 0.1) is 7.11 Å². The molecule has 0 fully saturated rings. The van der Waals surface area contributed by atoms with E-state index in [0.717, 1.165) is 11.3 Å². The van der Waals surface area contributed by atoms with Gasteiger partial charge in [-0.15, -0.1) is 0 Å². The van der Waals surface area contributed by atoms with E-state index in [9.17, 15) is 4.39 Å². The van der Waals surface area contributed by atoms with Crippen LogP contribution in [-0.4, -0.2) is 7.11 Å². The summed E-state index contributed by atoms with van der Waals surface area (Å²) in [6.07, 6.45) is 0. The molecule has 0 radical (unpaired) electrons. The van der Waals surface area contributed by atoms with Crippen molar-refractivity contribution in [3.05, 3.63) is 64.4 Å². The predicted molar refractivity (Wildman–Crippen MR) is 79.7 cm³/mol. The smallest absolute Gasteiger partial charge is 0.129 e. The Bertz CT molecular complexity index is 588. The zero-order valence-corrected chi connectivity index (χ0v) is 12.2. The summed E-state index contributed by atoms with van der Waals surface area (Å²) in [6.45, 7) is 2.45. The fraction of sp³-hybridized carbons (Fsp3) is 0.250. The molecule has 4 heteroatoms. The van der Waals surface area contributed by atoms with Crippen molar-refractivity contribution in [2.24, 2.45) is 0 Å². The quantitative estimate of drug-likeness (QED) is 0.885. The zero-order chi connectivity index (χ0) is 14.5. The molecule has 1 N–H and O–H groups in total. The topological polar surface area (TPSA) is 21.3 Å². The van der Waals surface area contributed by atoms with Gasteiger partial charge in [0, 0.05) is 28.7 Å². The average Bonchev–Trinajstić information content (AvgIpc) is 2.46. The molecular weight excluding hydrogens is 277 g/mol. The number of methoxy groups -OCH3 is 1. The molecule has 0 bridgehead atoms. The summed E-state index contributed by atoms with van der Waals surface area (Å²) in [5.74, 6) is 0.529. The van der Waals surface area contributed by atoms with Crippen LogP contribution in [-0.2, 0) is 6.54 Å². The number of hydrogen-bond acceptors (Lipinski definition) is 2. The highest BCUT2D eigenvalue weighted by atomic mass is 35.5. The van der Waals surface area contributed by atoms with E-state index < -0.39 is 0 Å². The molecule has 0 amide bonds. The minimum absolute atomic E-state index is 0.0567. The maximum Gasteiger partial charge on any atom is 0.129 e.